The van der Waals surface area contributed by atoms with Gasteiger partial charge in [0.2, 0.25) is 0 Å². The Bertz CT molecular complexity index is 2620. The van der Waals surface area contributed by atoms with E-state index in [0.29, 0.717) is 34.6 Å². The molecule has 0 atom stereocenters. The summed E-state index contributed by atoms with van der Waals surface area (Å²) in [6.07, 6.45) is -6.34. The van der Waals surface area contributed by atoms with Crippen molar-refractivity contribution < 1.29 is 41.0 Å². The first-order chi connectivity index (χ1) is 26.7. The highest BCUT2D eigenvalue weighted by molar-refractivity contribution is 5.96. The molecular formula is C40H26F6N8O3. The van der Waals surface area contributed by atoms with Crippen LogP contribution in [0.3, 0.4) is 0 Å². The van der Waals surface area contributed by atoms with E-state index in [1.54, 1.807) is 67.7 Å². The quantitative estimate of drug-likeness (QED) is 0.139. The average molecular weight is 781 g/mol. The van der Waals surface area contributed by atoms with Crippen molar-refractivity contribution in [3.05, 3.63) is 145 Å². The second-order valence-corrected chi connectivity index (χ2v) is 12.3. The van der Waals surface area contributed by atoms with E-state index in [2.05, 4.69) is 30.9 Å². The Morgan fingerprint density at radius 2 is 1.16 bits per heavy atom. The van der Waals surface area contributed by atoms with Gasteiger partial charge in [0.15, 0.2) is 0 Å². The number of carbonyl (C=O) groups is 2. The number of amides is 1. The number of nitrogens with zero attached hydrogens (tertiary/aromatic N) is 7. The second-order valence-electron chi connectivity index (χ2n) is 12.3. The zero-order valence-electron chi connectivity index (χ0n) is 29.3. The van der Waals surface area contributed by atoms with E-state index in [4.69, 9.17) is 0 Å². The first kappa shape index (κ1) is 39.5. The lowest BCUT2D eigenvalue weighted by molar-refractivity contribution is -0.138. The molecule has 57 heavy (non-hydrogen) atoms. The maximum Gasteiger partial charge on any atom is 0.417 e. The van der Waals surface area contributed by atoms with Crippen molar-refractivity contribution in [2.24, 2.45) is 0 Å². The Kier molecular flexibility index (Phi) is 10.8. The summed E-state index contributed by atoms with van der Waals surface area (Å²) < 4.78 is 84.0. The number of pyridine rings is 1. The van der Waals surface area contributed by atoms with Crippen LogP contribution in [0.1, 0.15) is 38.8 Å². The van der Waals surface area contributed by atoms with Gasteiger partial charge in [-0.25, -0.2) is 19.1 Å². The van der Waals surface area contributed by atoms with Gasteiger partial charge in [-0.05, 0) is 89.8 Å². The van der Waals surface area contributed by atoms with Gasteiger partial charge in [-0.15, -0.1) is 10.2 Å². The molecular weight excluding hydrogens is 754 g/mol. The van der Waals surface area contributed by atoms with Crippen LogP contribution >= 0.6 is 0 Å². The van der Waals surface area contributed by atoms with E-state index in [0.717, 1.165) is 24.3 Å². The van der Waals surface area contributed by atoms with Gasteiger partial charge in [0, 0.05) is 19.5 Å². The SMILES string of the molecule is CCNC(=O)c1cc(-c2cn(-c3cccc(-c4cccc(C(F)(F)F)c4)c3)nn2)nc(-c2cn(-c3cccc(-c4ccc(C(=O)O)c(C(F)(F)F)c4)c3)nn2)c1.[C]. The van der Waals surface area contributed by atoms with Crippen molar-refractivity contribution in [3.8, 4) is 56.4 Å². The summed E-state index contributed by atoms with van der Waals surface area (Å²) in [5.41, 5.74) is 0.495. The van der Waals surface area contributed by atoms with Crippen LogP contribution < -0.4 is 5.32 Å². The Morgan fingerprint density at radius 3 is 1.65 bits per heavy atom. The number of halogens is 6. The molecule has 4 aromatic carbocycles. The van der Waals surface area contributed by atoms with E-state index in [1.807, 2.05) is 0 Å². The van der Waals surface area contributed by atoms with Crippen LogP contribution in [0.2, 0.25) is 0 Å². The fourth-order valence-electron chi connectivity index (χ4n) is 5.88. The minimum absolute atomic E-state index is 0. The molecule has 3 aromatic heterocycles. The van der Waals surface area contributed by atoms with Crippen LogP contribution in [0, 0.1) is 7.43 Å². The van der Waals surface area contributed by atoms with Gasteiger partial charge in [0.05, 0.1) is 51.8 Å². The Morgan fingerprint density at radius 1 is 0.649 bits per heavy atom. The van der Waals surface area contributed by atoms with Crippen LogP contribution in [0.4, 0.5) is 26.3 Å². The molecule has 0 aliphatic heterocycles. The molecule has 17 heteroatoms. The maximum atomic E-state index is 13.7. The monoisotopic (exact) mass is 780 g/mol. The van der Waals surface area contributed by atoms with Gasteiger partial charge in [-0.2, -0.15) is 26.3 Å². The van der Waals surface area contributed by atoms with Crippen LogP contribution in [-0.2, 0) is 12.4 Å². The first-order valence-corrected chi connectivity index (χ1v) is 16.7. The van der Waals surface area contributed by atoms with Crippen molar-refractivity contribution in [1.29, 1.82) is 0 Å². The Hall–Kier alpha value is -7.17. The summed E-state index contributed by atoms with van der Waals surface area (Å²) in [4.78, 5) is 29.2. The Balaban J connectivity index is 0.00000549. The van der Waals surface area contributed by atoms with Crippen LogP contribution in [0.25, 0.3) is 56.4 Å². The molecule has 4 radical (unpaired) electrons. The molecule has 0 saturated carbocycles. The van der Waals surface area contributed by atoms with Gasteiger partial charge in [0.1, 0.15) is 11.4 Å². The largest absolute Gasteiger partial charge is 0.478 e. The number of aromatic nitrogens is 7. The normalized spacial score (nSPS) is 11.6. The van der Waals surface area contributed by atoms with Gasteiger partial charge in [-0.1, -0.05) is 52.9 Å². The lowest BCUT2D eigenvalue weighted by Gasteiger charge is -2.13. The zero-order chi connectivity index (χ0) is 39.8. The molecule has 1 amide bonds. The molecule has 11 nitrogen and oxygen atoms in total. The standard InChI is InChI=1S/C39H26F6N8O3.C/c1-2-46-36(54)26-18-32(34-20-52(50-48-34)28-10-4-7-23(15-28)22-6-3-9-27(14-22)38(40,41)42)47-33(19-26)35-21-53(51-49-35)29-11-5-8-24(16-29)25-12-13-30(37(55)56)31(17-25)39(43,44)45;/h3-21H,2H2,1H3,(H,46,54)(H,55,56);. The third-order valence-electron chi connectivity index (χ3n) is 8.57. The third kappa shape index (κ3) is 8.41. The van der Waals surface area contributed by atoms with Gasteiger partial charge in [-0.3, -0.25) is 4.79 Å². The zero-order valence-corrected chi connectivity index (χ0v) is 29.3. The van der Waals surface area contributed by atoms with E-state index in [9.17, 15) is 41.0 Å². The van der Waals surface area contributed by atoms with Crippen molar-refractivity contribution in [2.45, 2.75) is 19.3 Å². The number of carboxylic acids is 1. The summed E-state index contributed by atoms with van der Waals surface area (Å²) in [6.45, 7) is 2.09. The molecule has 286 valence electrons. The number of hydrogen-bond donors (Lipinski definition) is 2. The van der Waals surface area contributed by atoms with Crippen LogP contribution in [-0.4, -0.2) is 58.5 Å². The molecule has 0 bridgehead atoms. The molecule has 0 fully saturated rings. The summed E-state index contributed by atoms with van der Waals surface area (Å²) in [5.74, 6) is -2.11. The molecule has 2 N–H and O–H groups in total. The van der Waals surface area contributed by atoms with Crippen molar-refractivity contribution >= 4 is 11.9 Å². The number of benzene rings is 4. The minimum Gasteiger partial charge on any atom is -0.478 e. The van der Waals surface area contributed by atoms with Crippen molar-refractivity contribution in [3.63, 3.8) is 0 Å². The summed E-state index contributed by atoms with van der Waals surface area (Å²) >= 11 is 0. The highest BCUT2D eigenvalue weighted by Gasteiger charge is 2.36. The fourth-order valence-corrected chi connectivity index (χ4v) is 5.88. The number of nitrogens with one attached hydrogen (secondary N) is 1. The van der Waals surface area contributed by atoms with E-state index >= 15 is 0 Å². The molecule has 0 aliphatic carbocycles. The first-order valence-electron chi connectivity index (χ1n) is 16.7. The second kappa shape index (κ2) is 15.5. The summed E-state index contributed by atoms with van der Waals surface area (Å²) in [6, 6.07) is 24.0. The van der Waals surface area contributed by atoms with Gasteiger partial charge in [0.25, 0.3) is 5.91 Å². The van der Waals surface area contributed by atoms with E-state index in [1.165, 1.54) is 39.8 Å². The average Bonchev–Trinajstić information content (AvgIpc) is 3.89. The third-order valence-corrected chi connectivity index (χ3v) is 8.57. The molecule has 0 unspecified atom stereocenters. The molecule has 3 heterocycles. The van der Waals surface area contributed by atoms with Crippen molar-refractivity contribution in [1.82, 2.24) is 40.3 Å². The van der Waals surface area contributed by atoms with Gasteiger partial charge < -0.3 is 10.4 Å². The van der Waals surface area contributed by atoms with E-state index in [-0.39, 0.29) is 41.3 Å². The predicted molar refractivity (Wildman–Crippen MR) is 194 cm³/mol. The number of alkyl halides is 6. The smallest absolute Gasteiger partial charge is 0.417 e. The number of carboxylic acid groups (broad SMARTS) is 1. The number of rotatable bonds is 9. The number of hydrogen-bond acceptors (Lipinski definition) is 7. The molecule has 7 rings (SSSR count). The van der Waals surface area contributed by atoms with Crippen molar-refractivity contribution in [2.75, 3.05) is 6.54 Å². The summed E-state index contributed by atoms with van der Waals surface area (Å²) in [5, 5.41) is 28.9. The molecule has 0 spiro atoms. The van der Waals surface area contributed by atoms with E-state index < -0.39 is 40.9 Å². The highest BCUT2D eigenvalue weighted by Crippen LogP contribution is 2.36. The highest BCUT2D eigenvalue weighted by atomic mass is 19.4. The van der Waals surface area contributed by atoms with Gasteiger partial charge >= 0.3 is 18.3 Å². The lowest BCUT2D eigenvalue weighted by atomic mass is 9.98. The number of aromatic carboxylic acids is 1. The Labute approximate surface area is 320 Å². The lowest BCUT2D eigenvalue weighted by Crippen LogP contribution is -2.22. The maximum absolute atomic E-state index is 13.7. The fraction of sp³-hybridized carbons (Fsp3) is 0.100. The number of carbonyl (C=O) groups excluding carboxylic acids is 1. The van der Waals surface area contributed by atoms with Crippen LogP contribution in [0.15, 0.2) is 116 Å². The minimum atomic E-state index is -4.90. The predicted octanol–water partition coefficient (Wildman–Crippen LogP) is 8.48. The molecule has 7 aromatic rings. The molecule has 0 aliphatic rings. The summed E-state index contributed by atoms with van der Waals surface area (Å²) in [7, 11) is 0. The topological polar surface area (TPSA) is 141 Å². The van der Waals surface area contributed by atoms with Crippen LogP contribution in [0.5, 0.6) is 0 Å². The molecule has 0 saturated heterocycles.